The van der Waals surface area contributed by atoms with Crippen molar-refractivity contribution in [3.8, 4) is 0 Å². The Balaban J connectivity index is -0.0000000720. The fourth-order valence-corrected chi connectivity index (χ4v) is 0.143. The molecule has 13 heavy (non-hydrogen) atoms. The first-order valence-electron chi connectivity index (χ1n) is 2.34. The summed E-state index contributed by atoms with van der Waals surface area (Å²) in [6.07, 6.45) is 1.37. The molecule has 0 saturated carbocycles. The highest BCUT2D eigenvalue weighted by Crippen LogP contribution is 1.70. The molecule has 0 rings (SSSR count). The van der Waals surface area contributed by atoms with Crippen LogP contribution in [-0.2, 0) is 14.4 Å². The second-order valence-electron chi connectivity index (χ2n) is 1.15. The van der Waals surface area contributed by atoms with E-state index in [0.717, 1.165) is 0 Å². The van der Waals surface area contributed by atoms with E-state index in [1.54, 1.807) is 0 Å². The molecule has 0 aliphatic rings. The third-order valence-corrected chi connectivity index (χ3v) is 0.368. The Morgan fingerprint density at radius 1 is 1.00 bits per heavy atom. The average Bonchev–Trinajstić information content (AvgIpc) is 1.85. The number of primary amides is 1. The summed E-state index contributed by atoms with van der Waals surface area (Å²) < 4.78 is 0. The maximum Gasteiger partial charge on any atom is 0.328 e. The number of hydrogen-bond donors (Lipinski definition) is 3. The van der Waals surface area contributed by atoms with Crippen molar-refractivity contribution < 1.29 is 35.5 Å². The van der Waals surface area contributed by atoms with Gasteiger partial charge in [-0.1, -0.05) is 0 Å². The normalized spacial score (nSPS) is 6.77. The molecule has 0 aromatic carbocycles. The molecule has 0 bridgehead atoms. The van der Waals surface area contributed by atoms with Gasteiger partial charge in [-0.15, -0.1) is 0 Å². The van der Waals surface area contributed by atoms with E-state index in [1.165, 1.54) is 0 Å². The SMILES string of the molecule is NC=O.O.O.O=C(O)/C=C/C(=O)O. The maximum atomic E-state index is 9.55. The van der Waals surface area contributed by atoms with E-state index in [9.17, 15) is 9.59 Å². The molecule has 0 aromatic heterocycles. The minimum Gasteiger partial charge on any atom is -0.478 e. The summed E-state index contributed by atoms with van der Waals surface area (Å²) in [4.78, 5) is 27.7. The molecule has 0 heterocycles. The number of carboxylic acid groups (broad SMARTS) is 2. The summed E-state index contributed by atoms with van der Waals surface area (Å²) in [5.74, 6) is -2.51. The third kappa shape index (κ3) is 69.6. The van der Waals surface area contributed by atoms with Crippen molar-refractivity contribution in [3.63, 3.8) is 0 Å². The molecule has 8 N–H and O–H groups in total. The Morgan fingerprint density at radius 3 is 1.23 bits per heavy atom. The van der Waals surface area contributed by atoms with E-state index in [-0.39, 0.29) is 17.4 Å². The van der Waals surface area contributed by atoms with Gasteiger partial charge < -0.3 is 26.9 Å². The molecular weight excluding hydrogens is 186 g/mol. The van der Waals surface area contributed by atoms with Gasteiger partial charge in [0.05, 0.1) is 0 Å². The van der Waals surface area contributed by atoms with Gasteiger partial charge >= 0.3 is 11.9 Å². The number of hydrogen-bond acceptors (Lipinski definition) is 3. The first-order valence-corrected chi connectivity index (χ1v) is 2.34. The Hall–Kier alpha value is -1.93. The van der Waals surface area contributed by atoms with Crippen molar-refractivity contribution in [2.24, 2.45) is 5.73 Å². The number of aliphatic carboxylic acids is 2. The average molecular weight is 197 g/mol. The molecule has 0 spiro atoms. The molecule has 0 aliphatic carbocycles. The zero-order chi connectivity index (χ0) is 9.28. The lowest BCUT2D eigenvalue weighted by Crippen LogP contribution is -1.91. The van der Waals surface area contributed by atoms with Crippen LogP contribution in [0.5, 0.6) is 0 Å². The summed E-state index contributed by atoms with van der Waals surface area (Å²) in [6, 6.07) is 0. The highest BCUT2D eigenvalue weighted by molar-refractivity contribution is 5.89. The monoisotopic (exact) mass is 197 g/mol. The lowest BCUT2D eigenvalue weighted by molar-refractivity contribution is -0.134. The summed E-state index contributed by atoms with van der Waals surface area (Å²) in [5, 5.41) is 15.6. The lowest BCUT2D eigenvalue weighted by Gasteiger charge is -1.74. The second kappa shape index (κ2) is 16.6. The number of nitrogens with two attached hydrogens (primary N) is 1. The molecule has 0 aromatic rings. The van der Waals surface area contributed by atoms with Gasteiger partial charge in [0.2, 0.25) is 6.41 Å². The first kappa shape index (κ1) is 22.5. The summed E-state index contributed by atoms with van der Waals surface area (Å²) in [5.41, 5.74) is 4.17. The minimum atomic E-state index is -1.26. The second-order valence-corrected chi connectivity index (χ2v) is 1.15. The predicted octanol–water partition coefficient (Wildman–Crippen LogP) is -2.84. The summed E-state index contributed by atoms with van der Waals surface area (Å²) >= 11 is 0. The smallest absolute Gasteiger partial charge is 0.328 e. The van der Waals surface area contributed by atoms with Gasteiger partial charge in [0.25, 0.3) is 0 Å². The van der Waals surface area contributed by atoms with Gasteiger partial charge in [0.15, 0.2) is 0 Å². The largest absolute Gasteiger partial charge is 0.478 e. The molecule has 8 nitrogen and oxygen atoms in total. The molecule has 0 saturated heterocycles. The van der Waals surface area contributed by atoms with Crippen LogP contribution in [0, 0.1) is 0 Å². The Bertz CT molecular complexity index is 160. The molecule has 0 radical (unpaired) electrons. The number of carbonyl (C=O) groups is 3. The van der Waals surface area contributed by atoms with Gasteiger partial charge in [-0.2, -0.15) is 0 Å². The summed E-state index contributed by atoms with van der Waals surface area (Å²) in [7, 11) is 0. The van der Waals surface area contributed by atoms with Crippen molar-refractivity contribution in [1.29, 1.82) is 0 Å². The standard InChI is InChI=1S/C4H4O4.CH3NO.2H2O/c5-3(6)1-2-4(7)8;2-1-3;;/h1-2H,(H,5,6)(H,7,8);1H,(H2,2,3);2*1H2/b2-1+;;;. The van der Waals surface area contributed by atoms with Crippen molar-refractivity contribution in [2.45, 2.75) is 0 Å². The van der Waals surface area contributed by atoms with Crippen molar-refractivity contribution in [2.75, 3.05) is 0 Å². The summed E-state index contributed by atoms with van der Waals surface area (Å²) in [6.45, 7) is 0. The van der Waals surface area contributed by atoms with Crippen LogP contribution in [0.3, 0.4) is 0 Å². The van der Waals surface area contributed by atoms with Crippen LogP contribution in [0.1, 0.15) is 0 Å². The van der Waals surface area contributed by atoms with Gasteiger partial charge in [0, 0.05) is 12.2 Å². The molecule has 8 heteroatoms. The molecule has 78 valence electrons. The van der Waals surface area contributed by atoms with E-state index in [0.29, 0.717) is 12.2 Å². The van der Waals surface area contributed by atoms with Crippen LogP contribution >= 0.6 is 0 Å². The Labute approximate surface area is 72.9 Å². The van der Waals surface area contributed by atoms with Crippen molar-refractivity contribution in [3.05, 3.63) is 12.2 Å². The van der Waals surface area contributed by atoms with Crippen LogP contribution in [0.15, 0.2) is 12.2 Å². The van der Waals surface area contributed by atoms with Crippen molar-refractivity contribution >= 4 is 18.3 Å². The predicted molar refractivity (Wildman–Crippen MR) is 41.9 cm³/mol. The molecule has 0 atom stereocenters. The van der Waals surface area contributed by atoms with E-state index in [2.05, 4.69) is 5.73 Å². The molecule has 0 unspecified atom stereocenters. The van der Waals surface area contributed by atoms with E-state index >= 15 is 0 Å². The molecule has 1 amide bonds. The Kier molecular flexibility index (Phi) is 28.6. The van der Waals surface area contributed by atoms with Gasteiger partial charge in [-0.3, -0.25) is 4.79 Å². The van der Waals surface area contributed by atoms with Crippen LogP contribution in [0.25, 0.3) is 0 Å². The van der Waals surface area contributed by atoms with E-state index in [1.807, 2.05) is 0 Å². The fourth-order valence-electron chi connectivity index (χ4n) is 0.143. The zero-order valence-electron chi connectivity index (χ0n) is 6.43. The van der Waals surface area contributed by atoms with Crippen LogP contribution in [0.4, 0.5) is 0 Å². The number of amides is 1. The highest BCUT2D eigenvalue weighted by Gasteiger charge is 1.88. The Morgan fingerprint density at radius 2 is 1.15 bits per heavy atom. The minimum absolute atomic E-state index is 0. The maximum absolute atomic E-state index is 9.55. The molecule has 0 aliphatic heterocycles. The van der Waals surface area contributed by atoms with Gasteiger partial charge in [0.1, 0.15) is 0 Å². The van der Waals surface area contributed by atoms with Crippen molar-refractivity contribution in [1.82, 2.24) is 0 Å². The fraction of sp³-hybridized carbons (Fsp3) is 0. The zero-order valence-corrected chi connectivity index (χ0v) is 6.43. The lowest BCUT2D eigenvalue weighted by atomic mass is 10.5. The van der Waals surface area contributed by atoms with Crippen LogP contribution in [0.2, 0.25) is 0 Å². The van der Waals surface area contributed by atoms with Crippen LogP contribution in [-0.4, -0.2) is 39.5 Å². The number of carboxylic acids is 2. The number of carbonyl (C=O) groups excluding carboxylic acids is 1. The molecule has 0 fully saturated rings. The van der Waals surface area contributed by atoms with Crippen LogP contribution < -0.4 is 5.73 Å². The van der Waals surface area contributed by atoms with Gasteiger partial charge in [-0.05, 0) is 0 Å². The number of rotatable bonds is 2. The quantitative estimate of drug-likeness (QED) is 0.317. The third-order valence-electron chi connectivity index (χ3n) is 0.368. The van der Waals surface area contributed by atoms with E-state index < -0.39 is 11.9 Å². The first-order chi connectivity index (χ1) is 5.04. The van der Waals surface area contributed by atoms with Gasteiger partial charge in [-0.25, -0.2) is 9.59 Å². The highest BCUT2D eigenvalue weighted by atomic mass is 16.4. The molecular formula is C5H11NO7. The topological polar surface area (TPSA) is 181 Å². The van der Waals surface area contributed by atoms with E-state index in [4.69, 9.17) is 15.0 Å².